The minimum Gasteiger partial charge on any atom is -0.494 e. The van der Waals surface area contributed by atoms with Crippen LogP contribution in [0.3, 0.4) is 0 Å². The van der Waals surface area contributed by atoms with Crippen LogP contribution < -0.4 is 10.1 Å². The number of carbonyl (C=O) groups excluding carboxylic acids is 1. The van der Waals surface area contributed by atoms with Crippen molar-refractivity contribution in [2.75, 3.05) is 13.7 Å². The van der Waals surface area contributed by atoms with Crippen LogP contribution in [0.5, 0.6) is 5.75 Å². The lowest BCUT2D eigenvalue weighted by molar-refractivity contribution is -0.116. The van der Waals surface area contributed by atoms with Crippen molar-refractivity contribution in [2.24, 2.45) is 0 Å². The molecule has 0 heterocycles. The highest BCUT2D eigenvalue weighted by Crippen LogP contribution is 2.18. The molecule has 0 aliphatic heterocycles. The molecule has 0 unspecified atom stereocenters. The first-order chi connectivity index (χ1) is 8.52. The van der Waals surface area contributed by atoms with Crippen LogP contribution in [-0.4, -0.2) is 19.6 Å². The molecule has 1 rings (SSSR count). The van der Waals surface area contributed by atoms with Crippen molar-refractivity contribution < 1.29 is 13.9 Å². The highest BCUT2D eigenvalue weighted by Gasteiger charge is 2.02. The third-order valence-corrected chi connectivity index (χ3v) is 2.19. The lowest BCUT2D eigenvalue weighted by Gasteiger charge is -2.02. The van der Waals surface area contributed by atoms with E-state index in [1.807, 2.05) is 0 Å². The van der Waals surface area contributed by atoms with Gasteiger partial charge in [-0.1, -0.05) is 24.2 Å². The Morgan fingerprint density at radius 1 is 1.61 bits per heavy atom. The summed E-state index contributed by atoms with van der Waals surface area (Å²) in [5, 5.41) is 2.85. The molecule has 0 bridgehead atoms. The van der Waals surface area contributed by atoms with Crippen molar-refractivity contribution >= 4 is 23.6 Å². The third kappa shape index (κ3) is 4.59. The van der Waals surface area contributed by atoms with Gasteiger partial charge in [0, 0.05) is 11.1 Å². The summed E-state index contributed by atoms with van der Waals surface area (Å²) in [7, 11) is 1.39. The van der Waals surface area contributed by atoms with Gasteiger partial charge in [-0.15, -0.1) is 0 Å². The predicted octanol–water partition coefficient (Wildman–Crippen LogP) is 2.72. The minimum absolute atomic E-state index is 0.162. The third-order valence-electron chi connectivity index (χ3n) is 2.06. The Morgan fingerprint density at radius 3 is 2.89 bits per heavy atom. The Labute approximate surface area is 110 Å². The summed E-state index contributed by atoms with van der Waals surface area (Å²) >= 11 is 5.50. The van der Waals surface area contributed by atoms with E-state index in [1.54, 1.807) is 6.07 Å². The molecule has 0 saturated heterocycles. The average molecular weight is 270 g/mol. The summed E-state index contributed by atoms with van der Waals surface area (Å²) in [4.78, 5) is 11.3. The Hall–Kier alpha value is -1.81. The molecule has 1 amide bonds. The molecule has 0 spiro atoms. The van der Waals surface area contributed by atoms with Crippen LogP contribution in [0.15, 0.2) is 35.9 Å². The first-order valence-corrected chi connectivity index (χ1v) is 5.53. The predicted molar refractivity (Wildman–Crippen MR) is 70.0 cm³/mol. The first kappa shape index (κ1) is 14.3. The molecule has 0 aromatic heterocycles. The summed E-state index contributed by atoms with van der Waals surface area (Å²) in [6, 6.07) is 4.42. The molecular weight excluding hydrogens is 257 g/mol. The van der Waals surface area contributed by atoms with Crippen molar-refractivity contribution in [3.8, 4) is 5.75 Å². The van der Waals surface area contributed by atoms with Crippen LogP contribution >= 0.6 is 11.6 Å². The Balaban J connectivity index is 2.64. The van der Waals surface area contributed by atoms with Gasteiger partial charge in [-0.2, -0.15) is 0 Å². The Bertz CT molecular complexity index is 486. The molecule has 5 heteroatoms. The van der Waals surface area contributed by atoms with E-state index in [9.17, 15) is 9.18 Å². The number of hydrogen-bond acceptors (Lipinski definition) is 2. The summed E-state index contributed by atoms with van der Waals surface area (Å²) in [5.41, 5.74) is 0.563. The molecule has 0 fully saturated rings. The second-order valence-corrected chi connectivity index (χ2v) is 4.00. The highest BCUT2D eigenvalue weighted by molar-refractivity contribution is 6.29. The summed E-state index contributed by atoms with van der Waals surface area (Å²) < 4.78 is 18.1. The molecule has 96 valence electrons. The monoisotopic (exact) mass is 269 g/mol. The topological polar surface area (TPSA) is 38.3 Å². The van der Waals surface area contributed by atoms with Crippen molar-refractivity contribution in [3.05, 3.63) is 47.3 Å². The fourth-order valence-corrected chi connectivity index (χ4v) is 1.27. The SMILES string of the molecule is C=C(Cl)CNC(=O)/C=C/c1ccc(OC)c(F)c1. The van der Waals surface area contributed by atoms with Crippen LogP contribution in [0.1, 0.15) is 5.56 Å². The molecule has 0 radical (unpaired) electrons. The molecule has 0 aliphatic carbocycles. The standard InChI is InChI=1S/C13H13ClFNO2/c1-9(14)8-16-13(17)6-4-10-3-5-12(18-2)11(15)7-10/h3-7H,1,8H2,2H3,(H,16,17)/b6-4+. The maximum absolute atomic E-state index is 13.3. The van der Waals surface area contributed by atoms with Gasteiger partial charge in [0.25, 0.3) is 0 Å². The van der Waals surface area contributed by atoms with Crippen LogP contribution in [-0.2, 0) is 4.79 Å². The minimum atomic E-state index is -0.478. The Morgan fingerprint density at radius 2 is 2.33 bits per heavy atom. The number of halogens is 2. The number of carbonyl (C=O) groups is 1. The van der Waals surface area contributed by atoms with Crippen molar-refractivity contribution in [1.82, 2.24) is 5.32 Å². The van der Waals surface area contributed by atoms with Crippen molar-refractivity contribution in [1.29, 1.82) is 0 Å². The lowest BCUT2D eigenvalue weighted by atomic mass is 10.2. The van der Waals surface area contributed by atoms with E-state index in [0.29, 0.717) is 10.6 Å². The van der Waals surface area contributed by atoms with Gasteiger partial charge in [0.2, 0.25) is 5.91 Å². The van der Waals surface area contributed by atoms with Gasteiger partial charge in [-0.25, -0.2) is 4.39 Å². The summed E-state index contributed by atoms with van der Waals surface area (Å²) in [6.45, 7) is 3.64. The number of ether oxygens (including phenoxy) is 1. The van der Waals surface area contributed by atoms with Gasteiger partial charge in [-0.05, 0) is 23.8 Å². The normalized spacial score (nSPS) is 10.4. The van der Waals surface area contributed by atoms with Crippen LogP contribution in [0.2, 0.25) is 0 Å². The number of hydrogen-bond donors (Lipinski definition) is 1. The zero-order valence-corrected chi connectivity index (χ0v) is 10.6. The van der Waals surface area contributed by atoms with E-state index in [-0.39, 0.29) is 18.2 Å². The van der Waals surface area contributed by atoms with Crippen LogP contribution in [0, 0.1) is 5.82 Å². The quantitative estimate of drug-likeness (QED) is 0.835. The van der Waals surface area contributed by atoms with Crippen molar-refractivity contribution in [2.45, 2.75) is 0 Å². The molecule has 18 heavy (non-hydrogen) atoms. The number of methoxy groups -OCH3 is 1. The molecule has 3 nitrogen and oxygen atoms in total. The second-order valence-electron chi connectivity index (χ2n) is 3.46. The number of nitrogens with one attached hydrogen (secondary N) is 1. The largest absolute Gasteiger partial charge is 0.494 e. The molecule has 0 atom stereocenters. The molecule has 1 aromatic rings. The second kappa shape index (κ2) is 6.81. The van der Waals surface area contributed by atoms with Gasteiger partial charge < -0.3 is 10.1 Å². The van der Waals surface area contributed by atoms with Crippen LogP contribution in [0.4, 0.5) is 4.39 Å². The van der Waals surface area contributed by atoms with Gasteiger partial charge in [0.15, 0.2) is 11.6 Å². The van der Waals surface area contributed by atoms with Gasteiger partial charge in [0.05, 0.1) is 13.7 Å². The van der Waals surface area contributed by atoms with Gasteiger partial charge in [-0.3, -0.25) is 4.79 Å². The molecule has 0 saturated carbocycles. The first-order valence-electron chi connectivity index (χ1n) is 5.15. The number of benzene rings is 1. The fraction of sp³-hybridized carbons (Fsp3) is 0.154. The van der Waals surface area contributed by atoms with E-state index >= 15 is 0 Å². The van der Waals surface area contributed by atoms with Crippen LogP contribution in [0.25, 0.3) is 6.08 Å². The molecule has 1 N–H and O–H groups in total. The maximum Gasteiger partial charge on any atom is 0.244 e. The summed E-state index contributed by atoms with van der Waals surface area (Å²) in [6.07, 6.45) is 2.79. The fourth-order valence-electron chi connectivity index (χ4n) is 1.20. The number of amides is 1. The zero-order valence-electron chi connectivity index (χ0n) is 9.87. The maximum atomic E-state index is 13.3. The number of rotatable bonds is 5. The highest BCUT2D eigenvalue weighted by atomic mass is 35.5. The Kier molecular flexibility index (Phi) is 5.39. The lowest BCUT2D eigenvalue weighted by Crippen LogP contribution is -2.21. The van der Waals surface area contributed by atoms with E-state index in [4.69, 9.17) is 16.3 Å². The van der Waals surface area contributed by atoms with Crippen molar-refractivity contribution in [3.63, 3.8) is 0 Å². The van der Waals surface area contributed by atoms with E-state index in [0.717, 1.165) is 0 Å². The zero-order chi connectivity index (χ0) is 13.5. The van der Waals surface area contributed by atoms with E-state index in [2.05, 4.69) is 11.9 Å². The summed E-state index contributed by atoms with van der Waals surface area (Å²) in [5.74, 6) is -0.641. The van der Waals surface area contributed by atoms with E-state index < -0.39 is 5.82 Å². The van der Waals surface area contributed by atoms with E-state index in [1.165, 1.54) is 31.4 Å². The van der Waals surface area contributed by atoms with Gasteiger partial charge >= 0.3 is 0 Å². The molecule has 0 aliphatic rings. The molecular formula is C13H13ClFNO2. The van der Waals surface area contributed by atoms with Gasteiger partial charge in [0.1, 0.15) is 0 Å². The average Bonchev–Trinajstić information content (AvgIpc) is 2.34. The molecule has 1 aromatic carbocycles. The smallest absolute Gasteiger partial charge is 0.244 e.